The summed E-state index contributed by atoms with van der Waals surface area (Å²) >= 11 is 0. The lowest BCUT2D eigenvalue weighted by Gasteiger charge is -2.14. The molecule has 0 fully saturated rings. The first-order chi connectivity index (χ1) is 15.1. The number of nitrogens with zero attached hydrogens (tertiary/aromatic N) is 7. The highest BCUT2D eigenvalue weighted by Gasteiger charge is 2.23. The fourth-order valence-electron chi connectivity index (χ4n) is 4.30. The van der Waals surface area contributed by atoms with Crippen molar-refractivity contribution in [3.63, 3.8) is 0 Å². The van der Waals surface area contributed by atoms with Gasteiger partial charge in [0.05, 0.1) is 6.26 Å². The monoisotopic (exact) mass is 416 g/mol. The average molecular weight is 416 g/mol. The number of anilines is 1. The van der Waals surface area contributed by atoms with Crippen LogP contribution in [0.25, 0.3) is 28.4 Å². The Labute approximate surface area is 176 Å². The van der Waals surface area contributed by atoms with Gasteiger partial charge in [-0.25, -0.2) is 9.78 Å². The van der Waals surface area contributed by atoms with Gasteiger partial charge in [-0.2, -0.15) is 9.50 Å². The van der Waals surface area contributed by atoms with Gasteiger partial charge in [0.2, 0.25) is 11.8 Å². The highest BCUT2D eigenvalue weighted by Crippen LogP contribution is 2.24. The molecule has 0 radical (unpaired) electrons. The molecule has 5 aromatic rings. The summed E-state index contributed by atoms with van der Waals surface area (Å²) in [6.07, 6.45) is 1.56. The molecule has 0 spiro atoms. The first-order valence-electron chi connectivity index (χ1n) is 10.0. The molecule has 31 heavy (non-hydrogen) atoms. The Hall–Kier alpha value is -3.92. The Balaban J connectivity index is 1.40. The van der Waals surface area contributed by atoms with Crippen molar-refractivity contribution in [1.29, 1.82) is 0 Å². The van der Waals surface area contributed by atoms with E-state index in [4.69, 9.17) is 10.2 Å². The number of furan rings is 1. The molecule has 0 unspecified atom stereocenters. The van der Waals surface area contributed by atoms with Crippen molar-refractivity contribution in [2.24, 2.45) is 7.05 Å². The number of aromatic nitrogens is 6. The van der Waals surface area contributed by atoms with Crippen LogP contribution in [-0.4, -0.2) is 40.2 Å². The van der Waals surface area contributed by atoms with E-state index in [0.29, 0.717) is 34.9 Å². The lowest BCUT2D eigenvalue weighted by atomic mass is 10.1. The van der Waals surface area contributed by atoms with Crippen molar-refractivity contribution < 1.29 is 4.42 Å². The van der Waals surface area contributed by atoms with Gasteiger partial charge in [-0.05, 0) is 23.3 Å². The molecule has 4 aromatic heterocycles. The second-order valence-electron chi connectivity index (χ2n) is 7.76. The molecule has 10 heteroatoms. The van der Waals surface area contributed by atoms with E-state index in [1.165, 1.54) is 15.6 Å². The van der Waals surface area contributed by atoms with Crippen LogP contribution in [0.5, 0.6) is 0 Å². The number of rotatable bonds is 4. The van der Waals surface area contributed by atoms with Crippen LogP contribution in [0, 0.1) is 0 Å². The quantitative estimate of drug-likeness (QED) is 0.474. The number of imidazole rings is 1. The first-order valence-corrected chi connectivity index (χ1v) is 10.0. The van der Waals surface area contributed by atoms with Crippen LogP contribution >= 0.6 is 0 Å². The molecular formula is C21H20N8O2. The zero-order chi connectivity index (χ0) is 21.1. The molecule has 0 amide bonds. The van der Waals surface area contributed by atoms with Crippen molar-refractivity contribution in [1.82, 2.24) is 33.6 Å². The van der Waals surface area contributed by atoms with Gasteiger partial charge in [-0.1, -0.05) is 24.3 Å². The number of fused-ring (bicyclic) bond motifs is 4. The van der Waals surface area contributed by atoms with Gasteiger partial charge in [0.1, 0.15) is 5.52 Å². The number of benzene rings is 1. The maximum atomic E-state index is 13.1. The van der Waals surface area contributed by atoms with Gasteiger partial charge in [0, 0.05) is 33.2 Å². The normalized spacial score (nSPS) is 14.1. The summed E-state index contributed by atoms with van der Waals surface area (Å²) in [5.41, 5.74) is 10.3. The maximum absolute atomic E-state index is 13.1. The van der Waals surface area contributed by atoms with Crippen LogP contribution in [0.3, 0.4) is 0 Å². The summed E-state index contributed by atoms with van der Waals surface area (Å²) in [7, 11) is 1.71. The highest BCUT2D eigenvalue weighted by atomic mass is 16.3. The van der Waals surface area contributed by atoms with E-state index in [9.17, 15) is 4.79 Å². The van der Waals surface area contributed by atoms with Crippen molar-refractivity contribution in [3.8, 4) is 11.6 Å². The Kier molecular flexibility index (Phi) is 3.78. The Morgan fingerprint density at radius 2 is 1.81 bits per heavy atom. The van der Waals surface area contributed by atoms with Gasteiger partial charge in [0.25, 0.3) is 0 Å². The molecular weight excluding hydrogens is 396 g/mol. The fraction of sp³-hybridized carbons (Fsp3) is 0.238. The minimum Gasteiger partial charge on any atom is -0.461 e. The molecule has 6 rings (SSSR count). The molecule has 0 aliphatic carbocycles. The van der Waals surface area contributed by atoms with Crippen LogP contribution in [0.15, 0.2) is 51.9 Å². The van der Waals surface area contributed by atoms with Crippen LogP contribution in [0.4, 0.5) is 5.95 Å². The Morgan fingerprint density at radius 3 is 2.52 bits per heavy atom. The molecule has 0 saturated heterocycles. The third kappa shape index (κ3) is 2.68. The third-order valence-electron chi connectivity index (χ3n) is 5.86. The number of nitrogen functional groups attached to an aromatic ring is 1. The summed E-state index contributed by atoms with van der Waals surface area (Å²) < 4.78 is 10.1. The van der Waals surface area contributed by atoms with Crippen LogP contribution in [-0.2, 0) is 26.7 Å². The van der Waals surface area contributed by atoms with Gasteiger partial charge in [0.15, 0.2) is 17.1 Å². The number of hydrogen-bond donors (Lipinski definition) is 1. The molecule has 156 valence electrons. The standard InChI is InChI=1S/C21H20N8O2/c1-26-16-18(24-20(22)29-19(16)23-17(25-29)15-7-4-10-31-15)28(21(26)30)9-8-27-11-13-5-2-3-6-14(13)12-27/h2-7,10H,8-9,11-12H2,1H3,(H2,22,24). The zero-order valence-corrected chi connectivity index (χ0v) is 16.9. The molecule has 0 atom stereocenters. The summed E-state index contributed by atoms with van der Waals surface area (Å²) in [5, 5.41) is 4.41. The maximum Gasteiger partial charge on any atom is 0.330 e. The van der Waals surface area contributed by atoms with E-state index >= 15 is 0 Å². The molecule has 0 saturated carbocycles. The predicted molar refractivity (Wildman–Crippen MR) is 114 cm³/mol. The zero-order valence-electron chi connectivity index (χ0n) is 16.9. The fourth-order valence-corrected chi connectivity index (χ4v) is 4.30. The topological polar surface area (TPSA) is 112 Å². The van der Waals surface area contributed by atoms with Gasteiger partial charge < -0.3 is 10.2 Å². The lowest BCUT2D eigenvalue weighted by molar-refractivity contribution is 0.271. The predicted octanol–water partition coefficient (Wildman–Crippen LogP) is 1.64. The third-order valence-corrected chi connectivity index (χ3v) is 5.86. The lowest BCUT2D eigenvalue weighted by Crippen LogP contribution is -2.28. The molecule has 5 heterocycles. The van der Waals surface area contributed by atoms with Crippen LogP contribution in [0.2, 0.25) is 0 Å². The summed E-state index contributed by atoms with van der Waals surface area (Å²) in [6, 6.07) is 12.0. The van der Waals surface area contributed by atoms with Crippen LogP contribution in [0.1, 0.15) is 11.1 Å². The SMILES string of the molecule is Cn1c(=O)n(CCN2Cc3ccccc3C2)c2nc(N)n3nc(-c4ccco4)nc3c21. The molecule has 1 aliphatic rings. The number of aryl methyl sites for hydroxylation is 1. The average Bonchev–Trinajstić information content (AvgIpc) is 3.53. The van der Waals surface area contributed by atoms with E-state index in [1.807, 2.05) is 0 Å². The number of nitrogens with two attached hydrogens (primary N) is 1. The van der Waals surface area contributed by atoms with Gasteiger partial charge in [-0.3, -0.25) is 14.0 Å². The van der Waals surface area contributed by atoms with Crippen LogP contribution < -0.4 is 11.4 Å². The minimum absolute atomic E-state index is 0.158. The first kappa shape index (κ1) is 17.9. The molecule has 10 nitrogen and oxygen atoms in total. The second kappa shape index (κ2) is 6.54. The number of hydrogen-bond acceptors (Lipinski definition) is 7. The van der Waals surface area contributed by atoms with Crippen molar-refractivity contribution >= 4 is 22.8 Å². The molecule has 0 bridgehead atoms. The van der Waals surface area contributed by atoms with E-state index < -0.39 is 0 Å². The molecule has 2 N–H and O–H groups in total. The van der Waals surface area contributed by atoms with E-state index in [1.54, 1.807) is 34.6 Å². The largest absolute Gasteiger partial charge is 0.461 e. The second-order valence-corrected chi connectivity index (χ2v) is 7.76. The summed E-state index contributed by atoms with van der Waals surface area (Å²) in [6.45, 7) is 3.00. The molecule has 1 aliphatic heterocycles. The van der Waals surface area contributed by atoms with Crippen molar-refractivity contribution in [2.75, 3.05) is 12.3 Å². The van der Waals surface area contributed by atoms with Gasteiger partial charge in [-0.15, -0.1) is 5.10 Å². The minimum atomic E-state index is -0.158. The Morgan fingerprint density at radius 1 is 1.03 bits per heavy atom. The summed E-state index contributed by atoms with van der Waals surface area (Å²) in [4.78, 5) is 24.5. The van der Waals surface area contributed by atoms with Gasteiger partial charge >= 0.3 is 5.69 Å². The summed E-state index contributed by atoms with van der Waals surface area (Å²) in [5.74, 6) is 1.08. The van der Waals surface area contributed by atoms with E-state index in [2.05, 4.69) is 44.2 Å². The van der Waals surface area contributed by atoms with E-state index in [-0.39, 0.29) is 11.6 Å². The van der Waals surface area contributed by atoms with Crippen molar-refractivity contribution in [2.45, 2.75) is 19.6 Å². The Bertz CT molecular complexity index is 1470. The highest BCUT2D eigenvalue weighted by molar-refractivity contribution is 5.88. The molecule has 1 aromatic carbocycles. The van der Waals surface area contributed by atoms with E-state index in [0.717, 1.165) is 19.6 Å². The van der Waals surface area contributed by atoms with Crippen molar-refractivity contribution in [3.05, 3.63) is 64.3 Å². The smallest absolute Gasteiger partial charge is 0.330 e.